The van der Waals surface area contributed by atoms with E-state index in [9.17, 15) is 18.8 Å². The highest BCUT2D eigenvalue weighted by atomic mass is 19.1. The molecule has 5 rings (SSSR count). The Bertz CT molecular complexity index is 1630. The molecular weight excluding hydrogens is 485 g/mol. The van der Waals surface area contributed by atoms with E-state index in [4.69, 9.17) is 4.74 Å². The highest BCUT2D eigenvalue weighted by Crippen LogP contribution is 2.23. The number of nitrogens with one attached hydrogen (secondary N) is 3. The molecule has 1 atom stereocenters. The number of para-hydroxylation sites is 2. The summed E-state index contributed by atoms with van der Waals surface area (Å²) in [7, 11) is 0. The van der Waals surface area contributed by atoms with Gasteiger partial charge < -0.3 is 20.0 Å². The summed E-state index contributed by atoms with van der Waals surface area (Å²) in [5.74, 6) is -2.12. The summed E-state index contributed by atoms with van der Waals surface area (Å²) in [5.41, 5.74) is 4.29. The Labute approximate surface area is 218 Å². The lowest BCUT2D eigenvalue weighted by Gasteiger charge is -2.17. The van der Waals surface area contributed by atoms with Crippen molar-refractivity contribution in [1.29, 1.82) is 0 Å². The number of H-pyrrole nitrogens is 2. The highest BCUT2D eigenvalue weighted by molar-refractivity contribution is 6.09. The van der Waals surface area contributed by atoms with Crippen LogP contribution in [0.5, 0.6) is 0 Å². The molecule has 0 saturated carbocycles. The molecule has 1 amide bonds. The Morgan fingerprint density at radius 3 is 2.45 bits per heavy atom. The molecule has 8 heteroatoms. The van der Waals surface area contributed by atoms with E-state index in [0.29, 0.717) is 5.56 Å². The van der Waals surface area contributed by atoms with Crippen LogP contribution in [0.4, 0.5) is 4.39 Å². The van der Waals surface area contributed by atoms with Crippen LogP contribution in [0, 0.1) is 5.82 Å². The van der Waals surface area contributed by atoms with Crippen molar-refractivity contribution in [2.45, 2.75) is 25.8 Å². The van der Waals surface area contributed by atoms with Gasteiger partial charge in [0, 0.05) is 51.7 Å². The molecule has 2 heterocycles. The van der Waals surface area contributed by atoms with Crippen molar-refractivity contribution in [2.75, 3.05) is 6.61 Å². The van der Waals surface area contributed by atoms with Gasteiger partial charge in [0.2, 0.25) is 5.78 Å². The van der Waals surface area contributed by atoms with Gasteiger partial charge in [-0.15, -0.1) is 0 Å². The fourth-order valence-corrected chi connectivity index (χ4v) is 4.61. The molecule has 7 nitrogen and oxygen atoms in total. The number of ether oxygens (including phenoxy) is 1. The number of esters is 1. The van der Waals surface area contributed by atoms with Crippen LogP contribution in [0.2, 0.25) is 0 Å². The molecule has 0 radical (unpaired) electrons. The Hall–Kier alpha value is -4.72. The van der Waals surface area contributed by atoms with Crippen LogP contribution in [0.25, 0.3) is 21.8 Å². The Morgan fingerprint density at radius 2 is 1.66 bits per heavy atom. The highest BCUT2D eigenvalue weighted by Gasteiger charge is 2.26. The first kappa shape index (κ1) is 25.0. The minimum atomic E-state index is -1.07. The first-order chi connectivity index (χ1) is 18.4. The number of Topliss-reactive ketones (excluding diaryl/α,β-unsaturated/α-hetero) is 1. The third-order valence-corrected chi connectivity index (χ3v) is 6.62. The summed E-state index contributed by atoms with van der Waals surface area (Å²) in [6.07, 6.45) is 4.35. The molecule has 5 aromatic rings. The third kappa shape index (κ3) is 5.06. The number of aromatic nitrogens is 2. The van der Waals surface area contributed by atoms with E-state index in [2.05, 4.69) is 15.3 Å². The van der Waals surface area contributed by atoms with Gasteiger partial charge in [0.15, 0.2) is 6.61 Å². The van der Waals surface area contributed by atoms with E-state index < -0.39 is 30.3 Å². The fraction of sp³-hybridized carbons (Fsp3) is 0.167. The number of fused-ring (bicyclic) bond motifs is 2. The lowest BCUT2D eigenvalue weighted by Crippen LogP contribution is -2.43. The van der Waals surface area contributed by atoms with E-state index in [1.807, 2.05) is 49.4 Å². The predicted octanol–water partition coefficient (Wildman–Crippen LogP) is 5.12. The molecule has 38 heavy (non-hydrogen) atoms. The van der Waals surface area contributed by atoms with Crippen LogP contribution in [0.1, 0.15) is 38.8 Å². The van der Waals surface area contributed by atoms with Crippen LogP contribution < -0.4 is 5.32 Å². The second-order valence-electron chi connectivity index (χ2n) is 9.02. The summed E-state index contributed by atoms with van der Waals surface area (Å²) < 4.78 is 18.8. The van der Waals surface area contributed by atoms with Crippen molar-refractivity contribution in [3.63, 3.8) is 0 Å². The quantitative estimate of drug-likeness (QED) is 0.189. The number of hydrogen-bond donors (Lipinski definition) is 3. The molecule has 0 fully saturated rings. The van der Waals surface area contributed by atoms with Crippen LogP contribution in [0.3, 0.4) is 0 Å². The zero-order chi connectivity index (χ0) is 26.6. The maximum absolute atomic E-state index is 13.3. The average molecular weight is 512 g/mol. The van der Waals surface area contributed by atoms with Crippen LogP contribution in [-0.2, 0) is 22.4 Å². The second-order valence-corrected chi connectivity index (χ2v) is 9.02. The van der Waals surface area contributed by atoms with Gasteiger partial charge in [0.05, 0.1) is 0 Å². The summed E-state index contributed by atoms with van der Waals surface area (Å²) >= 11 is 0. The monoisotopic (exact) mass is 511 g/mol. The Morgan fingerprint density at radius 1 is 0.895 bits per heavy atom. The number of rotatable bonds is 9. The van der Waals surface area contributed by atoms with Gasteiger partial charge in [-0.05, 0) is 47.9 Å². The Balaban J connectivity index is 1.35. The van der Waals surface area contributed by atoms with Gasteiger partial charge in [0.1, 0.15) is 11.9 Å². The van der Waals surface area contributed by atoms with Gasteiger partial charge in [-0.3, -0.25) is 9.59 Å². The van der Waals surface area contributed by atoms with Crippen molar-refractivity contribution < 1.29 is 23.5 Å². The molecule has 0 aliphatic rings. The first-order valence-electron chi connectivity index (χ1n) is 12.3. The van der Waals surface area contributed by atoms with E-state index in [1.165, 1.54) is 24.3 Å². The molecule has 3 N–H and O–H groups in total. The molecular formula is C30H26FN3O4. The summed E-state index contributed by atoms with van der Waals surface area (Å²) in [6.45, 7) is 1.56. The van der Waals surface area contributed by atoms with Crippen LogP contribution >= 0.6 is 0 Å². The topological polar surface area (TPSA) is 104 Å². The van der Waals surface area contributed by atoms with Crippen LogP contribution in [-0.4, -0.2) is 40.3 Å². The molecule has 0 saturated heterocycles. The normalized spacial score (nSPS) is 11.9. The lowest BCUT2D eigenvalue weighted by molar-refractivity contribution is -0.144. The van der Waals surface area contributed by atoms with Crippen molar-refractivity contribution in [2.24, 2.45) is 0 Å². The minimum Gasteiger partial charge on any atom is -0.456 e. The van der Waals surface area contributed by atoms with Crippen LogP contribution in [0.15, 0.2) is 79.1 Å². The van der Waals surface area contributed by atoms with Gasteiger partial charge in [0.25, 0.3) is 5.91 Å². The van der Waals surface area contributed by atoms with Crippen molar-refractivity contribution >= 4 is 39.5 Å². The molecule has 0 spiro atoms. The molecule has 0 bridgehead atoms. The summed E-state index contributed by atoms with van der Waals surface area (Å²) in [6, 6.07) is 17.3. The van der Waals surface area contributed by atoms with Crippen molar-refractivity contribution in [1.82, 2.24) is 15.3 Å². The van der Waals surface area contributed by atoms with Crippen molar-refractivity contribution in [3.05, 3.63) is 107 Å². The number of carbonyl (C=O) groups is 3. The Kier molecular flexibility index (Phi) is 7.04. The smallest absolute Gasteiger partial charge is 0.329 e. The van der Waals surface area contributed by atoms with Crippen molar-refractivity contribution in [3.8, 4) is 0 Å². The fourth-order valence-electron chi connectivity index (χ4n) is 4.61. The maximum atomic E-state index is 13.3. The summed E-state index contributed by atoms with van der Waals surface area (Å²) in [5, 5.41) is 4.37. The van der Waals surface area contributed by atoms with Gasteiger partial charge in [-0.25, -0.2) is 9.18 Å². The van der Waals surface area contributed by atoms with E-state index >= 15 is 0 Å². The number of carbonyl (C=O) groups excluding carboxylic acids is 3. The maximum Gasteiger partial charge on any atom is 0.329 e. The first-order valence-corrected chi connectivity index (χ1v) is 12.3. The van der Waals surface area contributed by atoms with Gasteiger partial charge >= 0.3 is 5.97 Å². The number of halogens is 1. The van der Waals surface area contributed by atoms with E-state index in [-0.39, 0.29) is 17.8 Å². The molecule has 3 aromatic carbocycles. The number of amides is 1. The molecule has 0 aliphatic heterocycles. The van der Waals surface area contributed by atoms with E-state index in [1.54, 1.807) is 12.4 Å². The standard InChI is InChI=1S/C30H26FN3O4/c1-2-18-6-5-8-23-24(16-33-28(18)23)27(35)17-38-30(37)26(34-29(36)19-10-12-21(31)13-11-19)14-20-15-32-25-9-4-3-7-22(20)25/h3-13,15-16,26,32-33H,2,14,17H2,1H3,(H,34,36)/t26-/m0/s1. The zero-order valence-electron chi connectivity index (χ0n) is 20.7. The van der Waals surface area contributed by atoms with Gasteiger partial charge in [-0.2, -0.15) is 0 Å². The molecule has 0 unspecified atom stereocenters. The molecule has 2 aromatic heterocycles. The number of aromatic amines is 2. The SMILES string of the molecule is CCc1cccc2c(C(=O)COC(=O)[C@H](Cc3c[nH]c4ccccc34)NC(=O)c3ccc(F)cc3)c[nH]c12. The summed E-state index contributed by atoms with van der Waals surface area (Å²) in [4.78, 5) is 45.4. The minimum absolute atomic E-state index is 0.136. The number of hydrogen-bond acceptors (Lipinski definition) is 4. The zero-order valence-corrected chi connectivity index (χ0v) is 20.7. The molecule has 0 aliphatic carbocycles. The number of aryl methyl sites for hydroxylation is 1. The van der Waals surface area contributed by atoms with E-state index in [0.717, 1.165) is 39.4 Å². The number of benzene rings is 3. The predicted molar refractivity (Wildman–Crippen MR) is 143 cm³/mol. The number of ketones is 1. The van der Waals surface area contributed by atoms with Gasteiger partial charge in [-0.1, -0.05) is 43.3 Å². The second kappa shape index (κ2) is 10.7. The largest absolute Gasteiger partial charge is 0.456 e. The third-order valence-electron chi connectivity index (χ3n) is 6.62. The lowest BCUT2D eigenvalue weighted by atomic mass is 10.0. The molecule has 192 valence electrons. The average Bonchev–Trinajstić information content (AvgIpc) is 3.56.